The number of piperidine rings is 4. The molecule has 5 bridgehead atoms. The molecule has 5 fully saturated rings. The second-order valence-corrected chi connectivity index (χ2v) is 11.0. The Morgan fingerprint density at radius 3 is 2.55 bits per heavy atom. The molecule has 5 heterocycles. The van der Waals surface area contributed by atoms with Gasteiger partial charge in [-0.1, -0.05) is 55.5 Å². The van der Waals surface area contributed by atoms with E-state index in [2.05, 4.69) is 73.5 Å². The van der Waals surface area contributed by atoms with E-state index < -0.39 is 0 Å². The first-order valence-electron chi connectivity index (χ1n) is 12.1. The van der Waals surface area contributed by atoms with Gasteiger partial charge in [0.25, 0.3) is 0 Å². The minimum Gasteiger partial charge on any atom is -0.392 e. The fourth-order valence-corrected chi connectivity index (χ4v) is 9.60. The molecule has 0 aromatic heterocycles. The van der Waals surface area contributed by atoms with Crippen LogP contribution in [0.15, 0.2) is 54.6 Å². The molecule has 0 unspecified atom stereocenters. The number of quaternary nitrogens is 1. The van der Waals surface area contributed by atoms with Crippen LogP contribution in [0.5, 0.6) is 0 Å². The summed E-state index contributed by atoms with van der Waals surface area (Å²) in [5.74, 6) is 1.01. The van der Waals surface area contributed by atoms with E-state index in [0.717, 1.165) is 30.3 Å². The van der Waals surface area contributed by atoms with Crippen LogP contribution in [0.2, 0.25) is 0 Å². The SMILES string of the molecule is CC[C@H]1[C@@H]2C[C@H]3[C@@H]4N(C)c5ccccc5[C@@]45C[C@@H]([C@H]2[C@@H]5O)[N@@+]3(Cc2ccccc2)[C@@H]1O. The van der Waals surface area contributed by atoms with Gasteiger partial charge in [0.2, 0.25) is 0 Å². The minimum atomic E-state index is -0.337. The van der Waals surface area contributed by atoms with Crippen molar-refractivity contribution in [2.45, 2.75) is 68.6 Å². The number of benzene rings is 2. The van der Waals surface area contributed by atoms with Crippen LogP contribution in [0.25, 0.3) is 0 Å². The molecule has 4 heteroatoms. The van der Waals surface area contributed by atoms with E-state index in [0.29, 0.717) is 18.0 Å². The van der Waals surface area contributed by atoms with E-state index >= 15 is 0 Å². The van der Waals surface area contributed by atoms with E-state index in [1.54, 1.807) is 0 Å². The number of likely N-dealkylation sites (N-methyl/N-ethyl adjacent to an activating group) is 1. The average Bonchev–Trinajstić information content (AvgIpc) is 3.18. The van der Waals surface area contributed by atoms with Crippen molar-refractivity contribution >= 4 is 5.69 Å². The van der Waals surface area contributed by atoms with Crippen molar-refractivity contribution in [3.05, 3.63) is 65.7 Å². The number of hydrogen-bond acceptors (Lipinski definition) is 3. The second kappa shape index (κ2) is 5.92. The molecule has 162 valence electrons. The molecular weight excluding hydrogens is 384 g/mol. The Bertz CT molecular complexity index is 1040. The van der Waals surface area contributed by atoms with Crippen LogP contribution in [-0.2, 0) is 12.0 Å². The van der Waals surface area contributed by atoms with Gasteiger partial charge in [0.15, 0.2) is 6.23 Å². The molecule has 2 aromatic rings. The Morgan fingerprint density at radius 2 is 1.77 bits per heavy atom. The zero-order valence-corrected chi connectivity index (χ0v) is 18.4. The van der Waals surface area contributed by atoms with Gasteiger partial charge < -0.3 is 15.1 Å². The molecule has 1 saturated carbocycles. The minimum absolute atomic E-state index is 0.180. The zero-order valence-electron chi connectivity index (χ0n) is 18.4. The lowest BCUT2D eigenvalue weighted by molar-refractivity contribution is -1.05. The molecule has 31 heavy (non-hydrogen) atoms. The third-order valence-electron chi connectivity index (χ3n) is 10.4. The summed E-state index contributed by atoms with van der Waals surface area (Å²) < 4.78 is 0.769. The third kappa shape index (κ3) is 1.88. The van der Waals surface area contributed by atoms with Gasteiger partial charge in [-0.05, 0) is 24.0 Å². The van der Waals surface area contributed by atoms with E-state index in [1.807, 2.05) is 0 Å². The molecule has 4 saturated heterocycles. The molecule has 5 aliphatic heterocycles. The van der Waals surface area contributed by atoms with Crippen LogP contribution in [0, 0.1) is 17.8 Å². The predicted octanol–water partition coefficient (Wildman–Crippen LogP) is 3.27. The number of rotatable bonds is 3. The number of aliphatic hydroxyl groups excluding tert-OH is 2. The average molecular weight is 418 g/mol. The molecule has 10 atom stereocenters. The lowest BCUT2D eigenvalue weighted by Gasteiger charge is -2.68. The summed E-state index contributed by atoms with van der Waals surface area (Å²) in [6.45, 7) is 3.11. The molecule has 6 aliphatic rings. The Balaban J connectivity index is 1.47. The largest absolute Gasteiger partial charge is 0.392 e. The van der Waals surface area contributed by atoms with Gasteiger partial charge >= 0.3 is 0 Å². The molecule has 4 nitrogen and oxygen atoms in total. The number of para-hydroxylation sites is 1. The lowest BCUT2D eigenvalue weighted by Crippen LogP contribution is -2.82. The quantitative estimate of drug-likeness (QED) is 0.754. The summed E-state index contributed by atoms with van der Waals surface area (Å²) >= 11 is 0. The monoisotopic (exact) mass is 417 g/mol. The lowest BCUT2D eigenvalue weighted by atomic mass is 9.60. The van der Waals surface area contributed by atoms with Gasteiger partial charge in [0.05, 0.1) is 23.6 Å². The Morgan fingerprint density at radius 1 is 1.03 bits per heavy atom. The fraction of sp³-hybridized carbons (Fsp3) is 0.556. The van der Waals surface area contributed by atoms with Crippen molar-refractivity contribution in [3.63, 3.8) is 0 Å². The number of nitrogens with zero attached hydrogens (tertiary/aromatic N) is 2. The van der Waals surface area contributed by atoms with Crippen LogP contribution in [-0.4, -0.2) is 52.2 Å². The van der Waals surface area contributed by atoms with Crippen molar-refractivity contribution in [1.29, 1.82) is 0 Å². The maximum atomic E-state index is 12.1. The number of aliphatic hydroxyl groups is 2. The van der Waals surface area contributed by atoms with E-state index in [1.165, 1.54) is 16.8 Å². The van der Waals surface area contributed by atoms with Gasteiger partial charge in [-0.2, -0.15) is 0 Å². The van der Waals surface area contributed by atoms with Gasteiger partial charge in [-0.15, -0.1) is 0 Å². The highest BCUT2D eigenvalue weighted by molar-refractivity contribution is 5.66. The van der Waals surface area contributed by atoms with E-state index in [-0.39, 0.29) is 35.6 Å². The van der Waals surface area contributed by atoms with Crippen molar-refractivity contribution in [2.24, 2.45) is 17.8 Å². The fourth-order valence-electron chi connectivity index (χ4n) is 9.60. The van der Waals surface area contributed by atoms with Gasteiger partial charge in [0.1, 0.15) is 12.6 Å². The van der Waals surface area contributed by atoms with Crippen LogP contribution in [0.4, 0.5) is 5.69 Å². The third-order valence-corrected chi connectivity index (χ3v) is 10.4. The van der Waals surface area contributed by atoms with E-state index in [4.69, 9.17) is 0 Å². The summed E-state index contributed by atoms with van der Waals surface area (Å²) in [7, 11) is 2.23. The number of fused-ring (bicyclic) bond motifs is 2. The number of hydrogen-bond donors (Lipinski definition) is 2. The molecule has 2 aromatic carbocycles. The van der Waals surface area contributed by atoms with Gasteiger partial charge in [0, 0.05) is 43.0 Å². The summed E-state index contributed by atoms with van der Waals surface area (Å²) in [6, 6.07) is 20.5. The second-order valence-electron chi connectivity index (χ2n) is 11.0. The van der Waals surface area contributed by atoms with Gasteiger partial charge in [-0.3, -0.25) is 4.48 Å². The Labute approximate surface area is 184 Å². The van der Waals surface area contributed by atoms with Crippen molar-refractivity contribution in [1.82, 2.24) is 0 Å². The molecule has 0 amide bonds. The standard InChI is InChI=1S/C27H33N2O2/c1-3-17-18-13-21-24-27(19-11-7-8-12-20(19)28(24)2)14-22(23(18)25(27)30)29(21,26(17)31)15-16-9-5-4-6-10-16/h4-12,17-18,21-26,30-31H,3,13-15H2,1-2H3/q+1/t17-,18-,21-,22-,23-,24-,25-,26+,27-,29-/m0/s1. The normalized spacial score (nSPS) is 48.2. The topological polar surface area (TPSA) is 43.7 Å². The molecule has 8 rings (SSSR count). The van der Waals surface area contributed by atoms with Crippen LogP contribution in [0.1, 0.15) is 37.3 Å². The molecule has 0 radical (unpaired) electrons. The molecular formula is C27H33N2O2+. The maximum absolute atomic E-state index is 12.1. The van der Waals surface area contributed by atoms with Crippen molar-refractivity contribution < 1.29 is 14.7 Å². The predicted molar refractivity (Wildman–Crippen MR) is 120 cm³/mol. The highest BCUT2D eigenvalue weighted by Crippen LogP contribution is 2.71. The summed E-state index contributed by atoms with van der Waals surface area (Å²) in [5.41, 5.74) is 3.78. The first-order valence-corrected chi connectivity index (χ1v) is 12.1. The molecule has 1 spiro atoms. The Kier molecular flexibility index (Phi) is 3.56. The molecule has 1 aliphatic carbocycles. The highest BCUT2D eigenvalue weighted by Gasteiger charge is 2.82. The maximum Gasteiger partial charge on any atom is 0.194 e. The van der Waals surface area contributed by atoms with Crippen LogP contribution in [0.3, 0.4) is 0 Å². The van der Waals surface area contributed by atoms with Crippen molar-refractivity contribution in [2.75, 3.05) is 11.9 Å². The Hall–Kier alpha value is -1.88. The van der Waals surface area contributed by atoms with Crippen LogP contribution < -0.4 is 4.90 Å². The summed E-state index contributed by atoms with van der Waals surface area (Å²) in [6.07, 6.45) is 2.47. The summed E-state index contributed by atoms with van der Waals surface area (Å²) in [5, 5.41) is 24.1. The number of anilines is 1. The molecule has 2 N–H and O–H groups in total. The first-order chi connectivity index (χ1) is 15.1. The smallest absolute Gasteiger partial charge is 0.194 e. The van der Waals surface area contributed by atoms with Crippen molar-refractivity contribution in [3.8, 4) is 0 Å². The first kappa shape index (κ1) is 18.7. The highest BCUT2D eigenvalue weighted by atomic mass is 16.3. The van der Waals surface area contributed by atoms with Crippen LogP contribution >= 0.6 is 0 Å². The summed E-state index contributed by atoms with van der Waals surface area (Å²) in [4.78, 5) is 2.47. The zero-order chi connectivity index (χ0) is 21.1. The van der Waals surface area contributed by atoms with Gasteiger partial charge in [-0.25, -0.2) is 0 Å². The van der Waals surface area contributed by atoms with E-state index in [9.17, 15) is 10.2 Å².